The molecule has 3 rings (SSSR count). The average molecular weight is 442 g/mol. The van der Waals surface area contributed by atoms with Gasteiger partial charge >= 0.3 is 5.97 Å². The second-order valence-corrected chi connectivity index (χ2v) is 8.33. The molecular formula is C15H15FN6O5S2. The summed E-state index contributed by atoms with van der Waals surface area (Å²) in [4.78, 5) is 31.6. The molecule has 2 heterocycles. The number of halogens is 1. The number of aromatic nitrogens is 1. The van der Waals surface area contributed by atoms with E-state index in [1.165, 1.54) is 10.4 Å². The monoisotopic (exact) mass is 442 g/mol. The number of guanidine groups is 1. The average Bonchev–Trinajstić information content (AvgIpc) is 3.25. The van der Waals surface area contributed by atoms with Crippen LogP contribution in [0.3, 0.4) is 0 Å². The molecule has 1 aromatic heterocycles. The van der Waals surface area contributed by atoms with Crippen LogP contribution in [0.25, 0.3) is 0 Å². The number of carbonyl (C=O) groups is 2. The van der Waals surface area contributed by atoms with E-state index < -0.39 is 38.3 Å². The van der Waals surface area contributed by atoms with E-state index in [9.17, 15) is 22.4 Å². The van der Waals surface area contributed by atoms with Gasteiger partial charge in [-0.3, -0.25) is 14.5 Å². The Labute approximate surface area is 168 Å². The minimum Gasteiger partial charge on any atom is -0.476 e. The highest BCUT2D eigenvalue weighted by Gasteiger charge is 2.23. The number of sulfonamides is 1. The second kappa shape index (κ2) is 8.00. The summed E-state index contributed by atoms with van der Waals surface area (Å²) < 4.78 is 41.2. The lowest BCUT2D eigenvalue weighted by Gasteiger charge is -2.17. The molecule has 0 radical (unpaired) electrons. The molecule has 0 bridgehead atoms. The van der Waals surface area contributed by atoms with Crippen LogP contribution < -0.4 is 15.8 Å². The first-order chi connectivity index (χ1) is 13.7. The van der Waals surface area contributed by atoms with Gasteiger partial charge in [0.25, 0.3) is 10.0 Å². The third kappa shape index (κ3) is 4.60. The Bertz CT molecular complexity index is 1100. The molecule has 0 saturated carbocycles. The van der Waals surface area contributed by atoms with Crippen LogP contribution >= 0.6 is 11.3 Å². The lowest BCUT2D eigenvalue weighted by molar-refractivity contribution is -0.116. The summed E-state index contributed by atoms with van der Waals surface area (Å²) in [6, 6.07) is 2.88. The third-order valence-electron chi connectivity index (χ3n) is 3.82. The zero-order valence-corrected chi connectivity index (χ0v) is 16.3. The van der Waals surface area contributed by atoms with Gasteiger partial charge in [-0.2, -0.15) is 0 Å². The van der Waals surface area contributed by atoms with Crippen molar-refractivity contribution in [2.24, 2.45) is 10.7 Å². The number of carbonyl (C=O) groups excluding carboxylic acids is 1. The zero-order valence-electron chi connectivity index (χ0n) is 14.6. The molecule has 1 aliphatic heterocycles. The molecule has 5 N–H and O–H groups in total. The Kier molecular flexibility index (Phi) is 5.65. The SMILES string of the molecule is NC1=NCCN1CC(=O)Nc1ccc(S(=O)(=O)Nc2scnc2C(=O)O)cc1F. The lowest BCUT2D eigenvalue weighted by Crippen LogP contribution is -2.39. The minimum absolute atomic E-state index is 0.125. The Morgan fingerprint density at radius 2 is 2.14 bits per heavy atom. The van der Waals surface area contributed by atoms with E-state index in [0.717, 1.165) is 23.5 Å². The third-order valence-corrected chi connectivity index (χ3v) is 6.04. The maximum atomic E-state index is 14.3. The summed E-state index contributed by atoms with van der Waals surface area (Å²) >= 11 is 0.773. The lowest BCUT2D eigenvalue weighted by atomic mass is 10.3. The van der Waals surface area contributed by atoms with E-state index in [1.54, 1.807) is 0 Å². The van der Waals surface area contributed by atoms with Crippen LogP contribution in [0.15, 0.2) is 33.6 Å². The number of hydrogen-bond donors (Lipinski definition) is 4. The number of nitrogens with two attached hydrogens (primary N) is 1. The normalized spacial score (nSPS) is 13.8. The molecule has 0 spiro atoms. The number of anilines is 2. The molecule has 0 aliphatic carbocycles. The van der Waals surface area contributed by atoms with Gasteiger partial charge in [-0.05, 0) is 18.2 Å². The van der Waals surface area contributed by atoms with Gasteiger partial charge in [0.1, 0.15) is 17.4 Å². The maximum Gasteiger partial charge on any atom is 0.357 e. The van der Waals surface area contributed by atoms with E-state index in [-0.39, 0.29) is 23.2 Å². The van der Waals surface area contributed by atoms with E-state index in [4.69, 9.17) is 10.8 Å². The van der Waals surface area contributed by atoms with Crippen molar-refractivity contribution in [3.05, 3.63) is 35.2 Å². The van der Waals surface area contributed by atoms with Gasteiger partial charge in [0.05, 0.1) is 22.6 Å². The molecule has 1 aliphatic rings. The molecule has 154 valence electrons. The number of carboxylic acids is 1. The molecular weight excluding hydrogens is 427 g/mol. The van der Waals surface area contributed by atoms with Crippen LogP contribution in [0.1, 0.15) is 10.5 Å². The fourth-order valence-corrected chi connectivity index (χ4v) is 4.44. The van der Waals surface area contributed by atoms with Gasteiger partial charge < -0.3 is 21.1 Å². The molecule has 11 nitrogen and oxygen atoms in total. The Morgan fingerprint density at radius 3 is 2.76 bits per heavy atom. The summed E-state index contributed by atoms with van der Waals surface area (Å²) in [5.41, 5.74) is 6.10. The number of nitrogens with one attached hydrogen (secondary N) is 2. The summed E-state index contributed by atoms with van der Waals surface area (Å²) in [5.74, 6) is -2.71. The quantitative estimate of drug-likeness (QED) is 0.476. The summed E-state index contributed by atoms with van der Waals surface area (Å²) in [5, 5.41) is 11.1. The van der Waals surface area contributed by atoms with Crippen molar-refractivity contribution in [2.75, 3.05) is 29.7 Å². The van der Waals surface area contributed by atoms with Crippen molar-refractivity contribution in [3.63, 3.8) is 0 Å². The predicted octanol–water partition coefficient (Wildman–Crippen LogP) is 0.350. The van der Waals surface area contributed by atoms with Crippen LogP contribution in [0.5, 0.6) is 0 Å². The van der Waals surface area contributed by atoms with Crippen LogP contribution in [0.2, 0.25) is 0 Å². The summed E-state index contributed by atoms with van der Waals surface area (Å²) in [7, 11) is -4.27. The van der Waals surface area contributed by atoms with Crippen LogP contribution in [-0.2, 0) is 14.8 Å². The van der Waals surface area contributed by atoms with Gasteiger partial charge in [0.2, 0.25) is 5.91 Å². The first kappa shape index (κ1) is 20.5. The first-order valence-corrected chi connectivity index (χ1v) is 10.4. The van der Waals surface area contributed by atoms with E-state index in [1.807, 2.05) is 0 Å². The Hall–Kier alpha value is -3.26. The molecule has 14 heteroatoms. The Balaban J connectivity index is 1.72. The number of carboxylic acid groups (broad SMARTS) is 1. The Morgan fingerprint density at radius 1 is 1.38 bits per heavy atom. The second-order valence-electron chi connectivity index (χ2n) is 5.79. The van der Waals surface area contributed by atoms with Gasteiger partial charge in [0.15, 0.2) is 11.7 Å². The van der Waals surface area contributed by atoms with Crippen molar-refractivity contribution in [1.82, 2.24) is 9.88 Å². The van der Waals surface area contributed by atoms with Crippen molar-refractivity contribution >= 4 is 49.9 Å². The minimum atomic E-state index is -4.27. The summed E-state index contributed by atoms with van der Waals surface area (Å²) in [6.07, 6.45) is 0. The molecule has 0 fully saturated rings. The predicted molar refractivity (Wildman–Crippen MR) is 103 cm³/mol. The van der Waals surface area contributed by atoms with Gasteiger partial charge in [-0.15, -0.1) is 11.3 Å². The number of rotatable bonds is 7. The molecule has 29 heavy (non-hydrogen) atoms. The number of aromatic carboxylic acids is 1. The zero-order chi connectivity index (χ0) is 21.2. The maximum absolute atomic E-state index is 14.3. The van der Waals surface area contributed by atoms with Crippen LogP contribution in [0.4, 0.5) is 15.1 Å². The first-order valence-electron chi connectivity index (χ1n) is 8.01. The van der Waals surface area contributed by atoms with Gasteiger partial charge in [0, 0.05) is 6.54 Å². The number of benzene rings is 1. The van der Waals surface area contributed by atoms with Crippen molar-refractivity contribution in [3.8, 4) is 0 Å². The molecule has 0 saturated heterocycles. The van der Waals surface area contributed by atoms with E-state index >= 15 is 0 Å². The number of amides is 1. The summed E-state index contributed by atoms with van der Waals surface area (Å²) in [6.45, 7) is 0.816. The van der Waals surface area contributed by atoms with Crippen molar-refractivity contribution in [1.29, 1.82) is 0 Å². The highest BCUT2D eigenvalue weighted by molar-refractivity contribution is 7.93. The smallest absolute Gasteiger partial charge is 0.357 e. The fourth-order valence-electron chi connectivity index (χ4n) is 2.44. The van der Waals surface area contributed by atoms with Crippen LogP contribution in [-0.4, -0.2) is 60.9 Å². The van der Waals surface area contributed by atoms with Crippen LogP contribution in [0, 0.1) is 5.82 Å². The van der Waals surface area contributed by atoms with Gasteiger partial charge in [-0.1, -0.05) is 0 Å². The highest BCUT2D eigenvalue weighted by atomic mass is 32.2. The van der Waals surface area contributed by atoms with Gasteiger partial charge in [-0.25, -0.2) is 22.6 Å². The molecule has 1 aromatic carbocycles. The van der Waals surface area contributed by atoms with Crippen molar-refractivity contribution < 1.29 is 27.5 Å². The number of nitrogens with zero attached hydrogens (tertiary/aromatic N) is 3. The number of hydrogen-bond acceptors (Lipinski definition) is 9. The standard InChI is InChI=1S/C15H15FN6O5S2/c16-9-5-8(29(26,27)21-13-12(14(24)25)19-7-28-13)1-2-10(9)20-11(23)6-22-4-3-18-15(22)17/h1-2,5,7,21H,3-4,6H2,(H2,17,18)(H,20,23)(H,24,25). The molecule has 2 aromatic rings. The van der Waals surface area contributed by atoms with E-state index in [0.29, 0.717) is 19.2 Å². The van der Waals surface area contributed by atoms with E-state index in [2.05, 4.69) is 20.0 Å². The van der Waals surface area contributed by atoms with Crippen molar-refractivity contribution in [2.45, 2.75) is 4.90 Å². The highest BCUT2D eigenvalue weighted by Crippen LogP contribution is 2.25. The number of aliphatic imine (C=N–C) groups is 1. The topological polar surface area (TPSA) is 167 Å². The number of thiazole rings is 1. The molecule has 0 atom stereocenters. The molecule has 1 amide bonds. The largest absolute Gasteiger partial charge is 0.476 e. The molecule has 0 unspecified atom stereocenters. The fraction of sp³-hybridized carbons (Fsp3) is 0.200.